The van der Waals surface area contributed by atoms with Gasteiger partial charge in [-0.1, -0.05) is 0 Å². The van der Waals surface area contributed by atoms with Crippen LogP contribution < -0.4 is 0 Å². The van der Waals surface area contributed by atoms with E-state index in [0.717, 1.165) is 24.8 Å². The third-order valence-electron chi connectivity index (χ3n) is 4.72. The topological polar surface area (TPSA) is 95.1 Å². The van der Waals surface area contributed by atoms with Crippen LogP contribution in [0, 0.1) is 0 Å². The van der Waals surface area contributed by atoms with E-state index in [2.05, 4.69) is 20.4 Å². The predicted octanol–water partition coefficient (Wildman–Crippen LogP) is 0.590. The Balaban J connectivity index is 1.42. The van der Waals surface area contributed by atoms with Gasteiger partial charge in [0.25, 0.3) is 0 Å². The number of amides is 2. The Morgan fingerprint density at radius 1 is 1.12 bits per heavy atom. The summed E-state index contributed by atoms with van der Waals surface area (Å²) in [6.07, 6.45) is 6.59. The normalized spacial score (nSPS) is 18.8. The molecule has 0 spiro atoms. The monoisotopic (exact) mass is 326 g/mol. The summed E-state index contributed by atoms with van der Waals surface area (Å²) in [6, 6.07) is 3.92. The smallest absolute Gasteiger partial charge is 0.312 e. The Labute approximate surface area is 138 Å². The molecule has 24 heavy (non-hydrogen) atoms. The molecule has 2 amide bonds. The quantitative estimate of drug-likeness (QED) is 0.830. The number of piperazine rings is 1. The third kappa shape index (κ3) is 2.64. The molecule has 1 aliphatic carbocycles. The molecule has 1 aliphatic heterocycles. The summed E-state index contributed by atoms with van der Waals surface area (Å²) in [5.41, 5.74) is 2.24. The Morgan fingerprint density at radius 2 is 2.00 bits per heavy atom. The van der Waals surface area contributed by atoms with E-state index in [4.69, 9.17) is 0 Å². The summed E-state index contributed by atoms with van der Waals surface area (Å²) >= 11 is 0. The van der Waals surface area contributed by atoms with Gasteiger partial charge >= 0.3 is 11.8 Å². The molecule has 0 bridgehead atoms. The first-order chi connectivity index (χ1) is 11.7. The molecule has 0 aromatic carbocycles. The highest BCUT2D eigenvalue weighted by atomic mass is 16.2. The number of rotatable bonds is 4. The largest absolute Gasteiger partial charge is 0.330 e. The van der Waals surface area contributed by atoms with Gasteiger partial charge in [0.05, 0.1) is 24.1 Å². The maximum absolute atomic E-state index is 12.3. The molecule has 0 unspecified atom stereocenters. The molecule has 2 aromatic heterocycles. The number of aromatic amines is 1. The number of nitrogens with zero attached hydrogens (tertiary/aromatic N) is 5. The number of hydrogen-bond acceptors (Lipinski definition) is 5. The second kappa shape index (κ2) is 6.03. The van der Waals surface area contributed by atoms with Gasteiger partial charge in [-0.2, -0.15) is 15.3 Å². The molecule has 0 radical (unpaired) electrons. The van der Waals surface area contributed by atoms with Crippen LogP contribution in [0.1, 0.15) is 25.0 Å². The standard InChI is InChI=1S/C16H18N6O2/c23-15-16(24)22(13-2-1-3-13)7-6-21(15)10-12-4-5-14(20-19-12)11-8-17-18-9-11/h4-5,8-9,13H,1-3,6-7,10H2,(H,17,18). The van der Waals surface area contributed by atoms with Crippen LogP contribution in [0.15, 0.2) is 24.5 Å². The lowest BCUT2D eigenvalue weighted by molar-refractivity contribution is -0.159. The van der Waals surface area contributed by atoms with Crippen LogP contribution in [0.2, 0.25) is 0 Å². The van der Waals surface area contributed by atoms with Gasteiger partial charge in [0, 0.05) is 30.9 Å². The van der Waals surface area contributed by atoms with Crippen molar-refractivity contribution in [3.63, 3.8) is 0 Å². The van der Waals surface area contributed by atoms with Crippen molar-refractivity contribution in [3.05, 3.63) is 30.2 Å². The molecular weight excluding hydrogens is 308 g/mol. The number of nitrogens with one attached hydrogen (secondary N) is 1. The maximum Gasteiger partial charge on any atom is 0.312 e. The van der Waals surface area contributed by atoms with Gasteiger partial charge < -0.3 is 9.80 Å². The van der Waals surface area contributed by atoms with Crippen LogP contribution in [-0.2, 0) is 16.1 Å². The first-order valence-electron chi connectivity index (χ1n) is 8.14. The fourth-order valence-electron chi connectivity index (χ4n) is 3.07. The van der Waals surface area contributed by atoms with E-state index < -0.39 is 5.91 Å². The molecule has 8 nitrogen and oxygen atoms in total. The van der Waals surface area contributed by atoms with Crippen LogP contribution in [0.4, 0.5) is 0 Å². The number of hydrogen-bond donors (Lipinski definition) is 1. The molecule has 2 aromatic rings. The van der Waals surface area contributed by atoms with Gasteiger partial charge in [-0.05, 0) is 31.4 Å². The van der Waals surface area contributed by atoms with E-state index in [1.807, 2.05) is 12.1 Å². The van der Waals surface area contributed by atoms with E-state index in [9.17, 15) is 9.59 Å². The molecule has 4 rings (SSSR count). The average molecular weight is 326 g/mol. The van der Waals surface area contributed by atoms with Crippen molar-refractivity contribution < 1.29 is 9.59 Å². The van der Waals surface area contributed by atoms with Crippen LogP contribution in [0.25, 0.3) is 11.3 Å². The van der Waals surface area contributed by atoms with Crippen molar-refractivity contribution in [1.82, 2.24) is 30.2 Å². The van der Waals surface area contributed by atoms with Crippen molar-refractivity contribution in [2.75, 3.05) is 13.1 Å². The summed E-state index contributed by atoms with van der Waals surface area (Å²) in [4.78, 5) is 27.9. The van der Waals surface area contributed by atoms with Crippen molar-refractivity contribution >= 4 is 11.8 Å². The molecule has 0 atom stereocenters. The van der Waals surface area contributed by atoms with Gasteiger partial charge in [0.15, 0.2) is 0 Å². The highest BCUT2D eigenvalue weighted by molar-refractivity contribution is 6.35. The predicted molar refractivity (Wildman–Crippen MR) is 84.4 cm³/mol. The summed E-state index contributed by atoms with van der Waals surface area (Å²) in [5, 5.41) is 14.9. The molecule has 124 valence electrons. The van der Waals surface area contributed by atoms with Crippen molar-refractivity contribution in [2.24, 2.45) is 0 Å². The Morgan fingerprint density at radius 3 is 2.62 bits per heavy atom. The van der Waals surface area contributed by atoms with Crippen LogP contribution in [-0.4, -0.2) is 61.1 Å². The molecule has 1 saturated heterocycles. The van der Waals surface area contributed by atoms with E-state index in [-0.39, 0.29) is 11.9 Å². The number of aromatic nitrogens is 4. The fourth-order valence-corrected chi connectivity index (χ4v) is 3.07. The van der Waals surface area contributed by atoms with E-state index in [0.29, 0.717) is 31.0 Å². The van der Waals surface area contributed by atoms with Crippen LogP contribution >= 0.6 is 0 Å². The second-order valence-corrected chi connectivity index (χ2v) is 6.21. The van der Waals surface area contributed by atoms with Gasteiger partial charge in [0.2, 0.25) is 0 Å². The summed E-state index contributed by atoms with van der Waals surface area (Å²) in [6.45, 7) is 1.46. The van der Waals surface area contributed by atoms with Gasteiger partial charge in [-0.15, -0.1) is 0 Å². The lowest BCUT2D eigenvalue weighted by Crippen LogP contribution is -2.58. The first kappa shape index (κ1) is 14.8. The minimum absolute atomic E-state index is 0.262. The van der Waals surface area contributed by atoms with Crippen molar-refractivity contribution in [1.29, 1.82) is 0 Å². The van der Waals surface area contributed by atoms with E-state index >= 15 is 0 Å². The van der Waals surface area contributed by atoms with Gasteiger partial charge in [-0.3, -0.25) is 14.7 Å². The second-order valence-electron chi connectivity index (χ2n) is 6.21. The highest BCUT2D eigenvalue weighted by Crippen LogP contribution is 2.26. The summed E-state index contributed by atoms with van der Waals surface area (Å²) in [5.74, 6) is -0.817. The van der Waals surface area contributed by atoms with Gasteiger partial charge in [-0.25, -0.2) is 0 Å². The van der Waals surface area contributed by atoms with Crippen molar-refractivity contribution in [3.8, 4) is 11.3 Å². The van der Waals surface area contributed by atoms with Crippen molar-refractivity contribution in [2.45, 2.75) is 31.8 Å². The average Bonchev–Trinajstić information content (AvgIpc) is 3.08. The van der Waals surface area contributed by atoms with Crippen LogP contribution in [0.5, 0.6) is 0 Å². The minimum atomic E-state index is -0.436. The SMILES string of the molecule is O=C1C(=O)N(C2CCC2)CCN1Cc1ccc(-c2cn[nH]c2)nn1. The molecule has 8 heteroatoms. The van der Waals surface area contributed by atoms with Gasteiger partial charge in [0.1, 0.15) is 0 Å². The zero-order chi connectivity index (χ0) is 16.5. The minimum Gasteiger partial charge on any atom is -0.330 e. The first-order valence-corrected chi connectivity index (χ1v) is 8.14. The Hall–Kier alpha value is -2.77. The van der Waals surface area contributed by atoms with E-state index in [1.54, 1.807) is 22.2 Å². The molecule has 3 heterocycles. The zero-order valence-electron chi connectivity index (χ0n) is 13.2. The Bertz CT molecular complexity index is 738. The third-order valence-corrected chi connectivity index (χ3v) is 4.72. The van der Waals surface area contributed by atoms with E-state index in [1.165, 1.54) is 0 Å². The maximum atomic E-state index is 12.3. The zero-order valence-corrected chi connectivity index (χ0v) is 13.2. The summed E-state index contributed by atoms with van der Waals surface area (Å²) in [7, 11) is 0. The molecule has 1 saturated carbocycles. The fraction of sp³-hybridized carbons (Fsp3) is 0.438. The number of carbonyl (C=O) groups excluding carboxylic acids is 2. The molecule has 2 fully saturated rings. The number of carbonyl (C=O) groups is 2. The molecular formula is C16H18N6O2. The molecule has 1 N–H and O–H groups in total. The summed E-state index contributed by atoms with van der Waals surface area (Å²) < 4.78 is 0. The lowest BCUT2D eigenvalue weighted by atomic mass is 9.91. The Kier molecular flexibility index (Phi) is 3.72. The van der Waals surface area contributed by atoms with Crippen LogP contribution in [0.3, 0.4) is 0 Å². The molecule has 2 aliphatic rings. The lowest BCUT2D eigenvalue weighted by Gasteiger charge is -2.42. The highest BCUT2D eigenvalue weighted by Gasteiger charge is 2.38. The number of H-pyrrole nitrogens is 1.